The molecule has 0 saturated carbocycles. The Balaban J connectivity index is 2.83. The van der Waals surface area contributed by atoms with Gasteiger partial charge in [0, 0.05) is 11.1 Å². The van der Waals surface area contributed by atoms with Gasteiger partial charge in [0.25, 0.3) is 5.91 Å². The Morgan fingerprint density at radius 2 is 1.70 bits per heavy atom. The van der Waals surface area contributed by atoms with Gasteiger partial charge in [-0.15, -0.1) is 0 Å². The number of hydrogen-bond acceptors (Lipinski definition) is 3. The van der Waals surface area contributed by atoms with Crippen LogP contribution in [0, 0.1) is 5.92 Å². The summed E-state index contributed by atoms with van der Waals surface area (Å²) in [6, 6.07) is 4.78. The van der Waals surface area contributed by atoms with Crippen LogP contribution in [0.4, 0.5) is 0 Å². The molecule has 1 aromatic rings. The summed E-state index contributed by atoms with van der Waals surface area (Å²) in [6.45, 7) is 3.61. The molecule has 0 aliphatic carbocycles. The average Bonchev–Trinajstić information content (AvgIpc) is 2.43. The molecule has 1 aromatic carbocycles. The lowest BCUT2D eigenvalue weighted by Crippen LogP contribution is -2.45. The van der Waals surface area contributed by atoms with Crippen molar-refractivity contribution in [1.82, 2.24) is 5.32 Å². The second-order valence-corrected chi connectivity index (χ2v) is 4.62. The second kappa shape index (κ2) is 6.70. The molecule has 0 unspecified atom stereocenters. The largest absolute Gasteiger partial charge is 0.480 e. The Labute approximate surface area is 117 Å². The Morgan fingerprint density at radius 3 is 2.10 bits per heavy atom. The van der Waals surface area contributed by atoms with Crippen molar-refractivity contribution >= 4 is 17.8 Å². The molecule has 108 valence electrons. The fourth-order valence-electron chi connectivity index (χ4n) is 1.69. The lowest BCUT2D eigenvalue weighted by atomic mass is 9.99. The van der Waals surface area contributed by atoms with Crippen LogP contribution in [-0.4, -0.2) is 28.9 Å². The fraction of sp³-hybridized carbons (Fsp3) is 0.357. The molecule has 0 spiro atoms. The van der Waals surface area contributed by atoms with Gasteiger partial charge in [-0.25, -0.2) is 4.79 Å². The van der Waals surface area contributed by atoms with E-state index in [0.717, 1.165) is 0 Å². The number of rotatable bonds is 6. The number of nitrogens with two attached hydrogens (primary N) is 1. The number of aliphatic carboxylic acids is 1. The molecule has 20 heavy (non-hydrogen) atoms. The minimum Gasteiger partial charge on any atom is -0.480 e. The van der Waals surface area contributed by atoms with E-state index in [1.54, 1.807) is 6.92 Å². The first-order valence-electron chi connectivity index (χ1n) is 6.30. The molecule has 0 aliphatic rings. The quantitative estimate of drug-likeness (QED) is 0.721. The van der Waals surface area contributed by atoms with Gasteiger partial charge >= 0.3 is 5.97 Å². The minimum atomic E-state index is -1.07. The highest BCUT2D eigenvalue weighted by atomic mass is 16.4. The van der Waals surface area contributed by atoms with Crippen molar-refractivity contribution in [3.63, 3.8) is 0 Å². The summed E-state index contributed by atoms with van der Waals surface area (Å²) in [5.74, 6) is -2.32. The van der Waals surface area contributed by atoms with Gasteiger partial charge in [0.2, 0.25) is 5.91 Å². The molecule has 6 nitrogen and oxygen atoms in total. The first-order valence-corrected chi connectivity index (χ1v) is 6.30. The Morgan fingerprint density at radius 1 is 1.20 bits per heavy atom. The Bertz CT molecular complexity index is 510. The molecule has 2 amide bonds. The van der Waals surface area contributed by atoms with E-state index in [-0.39, 0.29) is 11.5 Å². The first kappa shape index (κ1) is 15.7. The highest BCUT2D eigenvalue weighted by Crippen LogP contribution is 2.10. The topological polar surface area (TPSA) is 109 Å². The second-order valence-electron chi connectivity index (χ2n) is 4.62. The van der Waals surface area contributed by atoms with E-state index in [2.05, 4.69) is 5.32 Å². The van der Waals surface area contributed by atoms with Gasteiger partial charge in [0.15, 0.2) is 0 Å². The average molecular weight is 278 g/mol. The summed E-state index contributed by atoms with van der Waals surface area (Å²) in [5.41, 5.74) is 5.67. The highest BCUT2D eigenvalue weighted by molar-refractivity contribution is 5.98. The maximum atomic E-state index is 12.0. The smallest absolute Gasteiger partial charge is 0.326 e. The highest BCUT2D eigenvalue weighted by Gasteiger charge is 2.25. The zero-order chi connectivity index (χ0) is 15.3. The molecule has 0 radical (unpaired) electrons. The number of carbonyl (C=O) groups is 3. The zero-order valence-corrected chi connectivity index (χ0v) is 11.4. The number of benzene rings is 1. The predicted molar refractivity (Wildman–Crippen MR) is 73.3 cm³/mol. The summed E-state index contributed by atoms with van der Waals surface area (Å²) in [4.78, 5) is 34.0. The van der Waals surface area contributed by atoms with Crippen molar-refractivity contribution in [2.75, 3.05) is 0 Å². The third-order valence-electron chi connectivity index (χ3n) is 3.20. The minimum absolute atomic E-state index is 0.179. The van der Waals surface area contributed by atoms with Crippen molar-refractivity contribution in [2.24, 2.45) is 11.7 Å². The van der Waals surface area contributed by atoms with Crippen molar-refractivity contribution in [1.29, 1.82) is 0 Å². The van der Waals surface area contributed by atoms with Gasteiger partial charge in [-0.1, -0.05) is 20.3 Å². The van der Waals surface area contributed by atoms with E-state index in [4.69, 9.17) is 10.8 Å². The molecule has 2 atom stereocenters. The van der Waals surface area contributed by atoms with E-state index >= 15 is 0 Å². The predicted octanol–water partition coefficient (Wildman–Crippen LogP) is 1.01. The van der Waals surface area contributed by atoms with Crippen LogP contribution < -0.4 is 11.1 Å². The van der Waals surface area contributed by atoms with Crippen LogP contribution in [0.25, 0.3) is 0 Å². The normalized spacial score (nSPS) is 13.3. The van der Waals surface area contributed by atoms with Crippen LogP contribution >= 0.6 is 0 Å². The van der Waals surface area contributed by atoms with E-state index in [0.29, 0.717) is 12.0 Å². The SMILES string of the molecule is CC[C@H](C)[C@H](NC(=O)c1ccc(C(N)=O)cc1)C(=O)O. The maximum absolute atomic E-state index is 12.0. The molecule has 6 heteroatoms. The van der Waals surface area contributed by atoms with Crippen LogP contribution in [0.15, 0.2) is 24.3 Å². The van der Waals surface area contributed by atoms with Crippen molar-refractivity contribution in [2.45, 2.75) is 26.3 Å². The number of amides is 2. The number of carboxylic acid groups (broad SMARTS) is 1. The van der Waals surface area contributed by atoms with Gasteiger partial charge < -0.3 is 16.2 Å². The molecule has 4 N–H and O–H groups in total. The van der Waals surface area contributed by atoms with Crippen LogP contribution in [0.3, 0.4) is 0 Å². The number of carbonyl (C=O) groups excluding carboxylic acids is 2. The van der Waals surface area contributed by atoms with Gasteiger partial charge in [0.05, 0.1) is 0 Å². The maximum Gasteiger partial charge on any atom is 0.326 e. The lowest BCUT2D eigenvalue weighted by Gasteiger charge is -2.20. The summed E-state index contributed by atoms with van der Waals surface area (Å²) in [6.07, 6.45) is 0.637. The standard InChI is InChI=1S/C14H18N2O4/c1-3-8(2)11(14(19)20)16-13(18)10-6-4-9(5-7-10)12(15)17/h4-8,11H,3H2,1-2H3,(H2,15,17)(H,16,18)(H,19,20)/t8-,11-/m0/s1. The van der Waals surface area contributed by atoms with Crippen molar-refractivity contribution in [3.8, 4) is 0 Å². The number of nitrogens with one attached hydrogen (secondary N) is 1. The number of carboxylic acids is 1. The van der Waals surface area contributed by atoms with Crippen LogP contribution in [-0.2, 0) is 4.79 Å². The monoisotopic (exact) mass is 278 g/mol. The molecule has 0 aromatic heterocycles. The summed E-state index contributed by atoms with van der Waals surface area (Å²) < 4.78 is 0. The Kier molecular flexibility index (Phi) is 5.25. The Hall–Kier alpha value is -2.37. The van der Waals surface area contributed by atoms with E-state index in [1.807, 2.05) is 6.92 Å². The molecule has 0 aliphatic heterocycles. The van der Waals surface area contributed by atoms with Crippen LogP contribution in [0.1, 0.15) is 41.0 Å². The summed E-state index contributed by atoms with van der Waals surface area (Å²) in [5, 5.41) is 11.6. The molecule has 0 heterocycles. The van der Waals surface area contributed by atoms with Crippen molar-refractivity contribution in [3.05, 3.63) is 35.4 Å². The number of primary amides is 1. The fourth-order valence-corrected chi connectivity index (χ4v) is 1.69. The third kappa shape index (κ3) is 3.81. The van der Waals surface area contributed by atoms with Crippen LogP contribution in [0.2, 0.25) is 0 Å². The van der Waals surface area contributed by atoms with Gasteiger partial charge in [0.1, 0.15) is 6.04 Å². The molecule has 0 saturated heterocycles. The number of hydrogen-bond donors (Lipinski definition) is 3. The van der Waals surface area contributed by atoms with Gasteiger partial charge in [-0.2, -0.15) is 0 Å². The van der Waals surface area contributed by atoms with Crippen molar-refractivity contribution < 1.29 is 19.5 Å². The third-order valence-corrected chi connectivity index (χ3v) is 3.20. The van der Waals surface area contributed by atoms with E-state index in [1.165, 1.54) is 24.3 Å². The molecule has 0 fully saturated rings. The molecular weight excluding hydrogens is 260 g/mol. The molecule has 0 bridgehead atoms. The summed E-state index contributed by atoms with van der Waals surface area (Å²) >= 11 is 0. The van der Waals surface area contributed by atoms with Crippen LogP contribution in [0.5, 0.6) is 0 Å². The molecular formula is C14H18N2O4. The first-order chi connectivity index (χ1) is 9.36. The zero-order valence-electron chi connectivity index (χ0n) is 11.4. The molecule has 1 rings (SSSR count). The van der Waals surface area contributed by atoms with Gasteiger partial charge in [-0.05, 0) is 30.2 Å². The lowest BCUT2D eigenvalue weighted by molar-refractivity contribution is -0.140. The van der Waals surface area contributed by atoms with E-state index < -0.39 is 23.8 Å². The summed E-state index contributed by atoms with van der Waals surface area (Å²) in [7, 11) is 0. The van der Waals surface area contributed by atoms with Gasteiger partial charge in [-0.3, -0.25) is 9.59 Å². The van der Waals surface area contributed by atoms with E-state index in [9.17, 15) is 14.4 Å².